The van der Waals surface area contributed by atoms with Gasteiger partial charge in [-0.3, -0.25) is 4.79 Å². The predicted octanol–water partition coefficient (Wildman–Crippen LogP) is 3.02. The first kappa shape index (κ1) is 13.3. The highest BCUT2D eigenvalue weighted by molar-refractivity contribution is 7.07. The van der Waals surface area contributed by atoms with E-state index in [0.717, 1.165) is 22.5 Å². The molecule has 0 radical (unpaired) electrons. The Morgan fingerprint density at radius 3 is 2.95 bits per heavy atom. The lowest BCUT2D eigenvalue weighted by molar-refractivity contribution is 0.620. The number of aromatic nitrogens is 3. The van der Waals surface area contributed by atoms with Gasteiger partial charge in [0.15, 0.2) is 0 Å². The number of fused-ring (bicyclic) bond motifs is 1. The number of rotatable bonds is 3. The number of hydrogen-bond acceptors (Lipinski definition) is 3. The van der Waals surface area contributed by atoms with Gasteiger partial charge in [-0.25, -0.2) is 9.37 Å². The number of H-pyrrole nitrogens is 1. The van der Waals surface area contributed by atoms with E-state index in [1.807, 2.05) is 4.57 Å². The minimum Gasteiger partial charge on any atom is -0.321 e. The first-order valence-electron chi connectivity index (χ1n) is 5.96. The van der Waals surface area contributed by atoms with Gasteiger partial charge < -0.3 is 9.55 Å². The van der Waals surface area contributed by atoms with E-state index >= 15 is 0 Å². The second-order valence-electron chi connectivity index (χ2n) is 4.51. The van der Waals surface area contributed by atoms with Crippen LogP contribution in [0.2, 0.25) is 0 Å². The van der Waals surface area contributed by atoms with Gasteiger partial charge >= 0.3 is 4.87 Å². The maximum atomic E-state index is 13.6. The molecule has 104 valence electrons. The van der Waals surface area contributed by atoms with Crippen LogP contribution in [-0.4, -0.2) is 14.5 Å². The van der Waals surface area contributed by atoms with Gasteiger partial charge in [-0.05, 0) is 18.6 Å². The van der Waals surface area contributed by atoms with E-state index < -0.39 is 0 Å². The van der Waals surface area contributed by atoms with Gasteiger partial charge in [0.25, 0.3) is 0 Å². The molecule has 7 heteroatoms. The van der Waals surface area contributed by atoms with Gasteiger partial charge in [0.1, 0.15) is 11.6 Å². The Bertz CT molecular complexity index is 836. The van der Waals surface area contributed by atoms with Crippen molar-refractivity contribution < 1.29 is 4.39 Å². The molecular formula is C13H11ClFN3OS. The van der Waals surface area contributed by atoms with Crippen molar-refractivity contribution in [1.29, 1.82) is 0 Å². The zero-order valence-electron chi connectivity index (χ0n) is 10.6. The van der Waals surface area contributed by atoms with Crippen molar-refractivity contribution in [3.05, 3.63) is 50.1 Å². The Labute approximate surface area is 122 Å². The Morgan fingerprint density at radius 2 is 2.30 bits per heavy atom. The zero-order valence-corrected chi connectivity index (χ0v) is 12.2. The highest BCUT2D eigenvalue weighted by Gasteiger charge is 2.13. The number of nitrogens with one attached hydrogen (secondary N) is 1. The van der Waals surface area contributed by atoms with Crippen LogP contribution in [-0.2, 0) is 12.4 Å². The predicted molar refractivity (Wildman–Crippen MR) is 78.0 cm³/mol. The summed E-state index contributed by atoms with van der Waals surface area (Å²) in [5.41, 5.74) is 2.72. The summed E-state index contributed by atoms with van der Waals surface area (Å²) in [6.07, 6.45) is 0. The van der Waals surface area contributed by atoms with E-state index in [-0.39, 0.29) is 16.6 Å². The molecule has 4 nitrogen and oxygen atoms in total. The van der Waals surface area contributed by atoms with Crippen LogP contribution in [0.4, 0.5) is 4.39 Å². The molecule has 1 N–H and O–H groups in total. The minimum atomic E-state index is -0.285. The maximum absolute atomic E-state index is 13.6. The lowest BCUT2D eigenvalue weighted by Crippen LogP contribution is -2.06. The molecule has 1 aromatic carbocycles. The first-order chi connectivity index (χ1) is 9.58. The molecule has 2 heterocycles. The normalized spacial score (nSPS) is 11.3. The van der Waals surface area contributed by atoms with Crippen LogP contribution in [0.5, 0.6) is 0 Å². The quantitative estimate of drug-likeness (QED) is 0.756. The lowest BCUT2D eigenvalue weighted by atomic mass is 10.2. The van der Waals surface area contributed by atoms with Crippen molar-refractivity contribution in [2.24, 2.45) is 0 Å². The molecule has 0 bridgehead atoms. The standard InChI is InChI=1S/C13H11ClFN3OS/c1-7-2-11-10(3-9(7)15)17-12(4-14)18(11)5-8-6-20-13(19)16-8/h2-3,6H,4-5H2,1H3,(H,16,19). The summed E-state index contributed by atoms with van der Waals surface area (Å²) in [7, 11) is 0. The van der Waals surface area contributed by atoms with Crippen molar-refractivity contribution in [3.63, 3.8) is 0 Å². The summed E-state index contributed by atoms with van der Waals surface area (Å²) < 4.78 is 15.5. The number of nitrogens with zero attached hydrogens (tertiary/aromatic N) is 2. The maximum Gasteiger partial charge on any atom is 0.304 e. The molecule has 0 spiro atoms. The Morgan fingerprint density at radius 1 is 1.50 bits per heavy atom. The van der Waals surface area contributed by atoms with Gasteiger partial charge in [-0.15, -0.1) is 11.6 Å². The SMILES string of the molecule is Cc1cc2c(cc1F)nc(CCl)n2Cc1csc(=O)[nH]1. The molecule has 20 heavy (non-hydrogen) atoms. The third-order valence-corrected chi connectivity index (χ3v) is 4.08. The minimum absolute atomic E-state index is 0.0981. The van der Waals surface area contributed by atoms with E-state index in [1.54, 1.807) is 18.4 Å². The van der Waals surface area contributed by atoms with Gasteiger partial charge in [0, 0.05) is 17.1 Å². The topological polar surface area (TPSA) is 50.7 Å². The molecule has 0 saturated heterocycles. The Kier molecular flexibility index (Phi) is 3.35. The highest BCUT2D eigenvalue weighted by atomic mass is 35.5. The van der Waals surface area contributed by atoms with Crippen LogP contribution >= 0.6 is 22.9 Å². The Balaban J connectivity index is 2.16. The molecule has 0 aliphatic carbocycles. The van der Waals surface area contributed by atoms with Crippen LogP contribution < -0.4 is 4.87 Å². The van der Waals surface area contributed by atoms with Crippen LogP contribution in [0.3, 0.4) is 0 Å². The van der Waals surface area contributed by atoms with Crippen molar-refractivity contribution in [3.8, 4) is 0 Å². The summed E-state index contributed by atoms with van der Waals surface area (Å²) in [4.78, 5) is 18.2. The number of alkyl halides is 1. The summed E-state index contributed by atoms with van der Waals surface area (Å²) in [5, 5.41) is 1.77. The van der Waals surface area contributed by atoms with Gasteiger partial charge in [-0.1, -0.05) is 11.3 Å². The molecule has 0 aliphatic heterocycles. The molecule has 0 saturated carbocycles. The fourth-order valence-electron chi connectivity index (χ4n) is 2.14. The van der Waals surface area contributed by atoms with Gasteiger partial charge in [0.2, 0.25) is 0 Å². The number of imidazole rings is 1. The summed E-state index contributed by atoms with van der Waals surface area (Å²) in [5.74, 6) is 0.593. The molecule has 3 rings (SSSR count). The van der Waals surface area contributed by atoms with Crippen LogP contribution in [0, 0.1) is 12.7 Å². The number of aryl methyl sites for hydroxylation is 1. The average molecular weight is 312 g/mol. The number of aromatic amines is 1. The fourth-order valence-corrected chi connectivity index (χ4v) is 2.92. The largest absolute Gasteiger partial charge is 0.321 e. The molecular weight excluding hydrogens is 301 g/mol. The molecule has 0 amide bonds. The van der Waals surface area contributed by atoms with E-state index in [0.29, 0.717) is 23.4 Å². The van der Waals surface area contributed by atoms with E-state index in [9.17, 15) is 9.18 Å². The van der Waals surface area contributed by atoms with E-state index in [4.69, 9.17) is 11.6 Å². The number of halogens is 2. The van der Waals surface area contributed by atoms with Crippen LogP contribution in [0.25, 0.3) is 11.0 Å². The van der Waals surface area contributed by atoms with Crippen molar-refractivity contribution in [2.45, 2.75) is 19.3 Å². The highest BCUT2D eigenvalue weighted by Crippen LogP contribution is 2.22. The van der Waals surface area contributed by atoms with Gasteiger partial charge in [-0.2, -0.15) is 0 Å². The van der Waals surface area contributed by atoms with E-state index in [2.05, 4.69) is 9.97 Å². The second-order valence-corrected chi connectivity index (χ2v) is 5.62. The molecule has 0 fully saturated rings. The molecule has 0 atom stereocenters. The summed E-state index contributed by atoms with van der Waals surface area (Å²) >= 11 is 7.02. The third-order valence-electron chi connectivity index (χ3n) is 3.13. The monoisotopic (exact) mass is 311 g/mol. The molecule has 3 aromatic rings. The number of benzene rings is 1. The van der Waals surface area contributed by atoms with Crippen molar-refractivity contribution in [1.82, 2.24) is 14.5 Å². The Hall–Kier alpha value is -1.66. The molecule has 0 unspecified atom stereocenters. The fraction of sp³-hybridized carbons (Fsp3) is 0.231. The third kappa shape index (κ3) is 2.25. The first-order valence-corrected chi connectivity index (χ1v) is 7.38. The van der Waals surface area contributed by atoms with Crippen molar-refractivity contribution in [2.75, 3.05) is 0 Å². The number of thiazole rings is 1. The number of hydrogen-bond donors (Lipinski definition) is 1. The van der Waals surface area contributed by atoms with Crippen LogP contribution in [0.1, 0.15) is 17.1 Å². The second kappa shape index (κ2) is 5.03. The average Bonchev–Trinajstić information content (AvgIpc) is 2.96. The smallest absolute Gasteiger partial charge is 0.304 e. The van der Waals surface area contributed by atoms with E-state index in [1.165, 1.54) is 6.07 Å². The van der Waals surface area contributed by atoms with Crippen LogP contribution in [0.15, 0.2) is 22.3 Å². The van der Waals surface area contributed by atoms with Gasteiger partial charge in [0.05, 0.1) is 23.5 Å². The summed E-state index contributed by atoms with van der Waals surface area (Å²) in [6.45, 7) is 2.17. The molecule has 0 aliphatic rings. The molecule has 2 aromatic heterocycles. The summed E-state index contributed by atoms with van der Waals surface area (Å²) in [6, 6.07) is 3.16. The zero-order chi connectivity index (χ0) is 14.3. The lowest BCUT2D eigenvalue weighted by Gasteiger charge is -2.06. The van der Waals surface area contributed by atoms with Crippen molar-refractivity contribution >= 4 is 34.0 Å².